The third kappa shape index (κ3) is 6.34. The minimum Gasteiger partial charge on any atom is -0.484 e. The zero-order valence-corrected chi connectivity index (χ0v) is 21.2. The molecule has 5 rings (SSSR count). The number of aryl methyl sites for hydroxylation is 1. The molecule has 7 nitrogen and oxygen atoms in total. The van der Waals surface area contributed by atoms with Crippen molar-refractivity contribution >= 4 is 15.8 Å². The summed E-state index contributed by atoms with van der Waals surface area (Å²) in [6.45, 7) is 0.580. The summed E-state index contributed by atoms with van der Waals surface area (Å²) in [6, 6.07) is 22.7. The number of carbonyl (C=O) groups is 1. The molecule has 0 bridgehead atoms. The predicted molar refractivity (Wildman–Crippen MR) is 142 cm³/mol. The minimum atomic E-state index is -3.60. The number of fused-ring (bicyclic) bond motifs is 1. The number of ketones is 1. The van der Waals surface area contributed by atoms with E-state index in [2.05, 4.69) is 9.71 Å². The van der Waals surface area contributed by atoms with E-state index in [0.717, 1.165) is 24.0 Å². The van der Waals surface area contributed by atoms with Gasteiger partial charge in [-0.25, -0.2) is 18.1 Å². The zero-order chi connectivity index (χ0) is 25.7. The fraction of sp³-hybridized carbons (Fsp3) is 0.241. The first kappa shape index (κ1) is 24.9. The van der Waals surface area contributed by atoms with Crippen LogP contribution in [0.2, 0.25) is 0 Å². The molecule has 0 aliphatic heterocycles. The van der Waals surface area contributed by atoms with Gasteiger partial charge in [-0.2, -0.15) is 0 Å². The topological polar surface area (TPSA) is 90.3 Å². The van der Waals surface area contributed by atoms with E-state index in [1.54, 1.807) is 30.7 Å². The van der Waals surface area contributed by atoms with Gasteiger partial charge in [-0.05, 0) is 47.2 Å². The van der Waals surface area contributed by atoms with Crippen molar-refractivity contribution in [2.75, 3.05) is 0 Å². The molecule has 1 N–H and O–H groups in total. The number of Topliss-reactive ketones (excluding diaryl/α,β-unsaturated/α-hetero) is 1. The number of aromatic nitrogens is 2. The van der Waals surface area contributed by atoms with Crippen molar-refractivity contribution in [2.45, 2.75) is 44.2 Å². The molecule has 37 heavy (non-hydrogen) atoms. The Morgan fingerprint density at radius 1 is 1.00 bits per heavy atom. The van der Waals surface area contributed by atoms with Gasteiger partial charge in [-0.1, -0.05) is 60.7 Å². The van der Waals surface area contributed by atoms with Crippen LogP contribution in [0.1, 0.15) is 51.6 Å². The number of benzene rings is 3. The Balaban J connectivity index is 1.42. The molecular weight excluding hydrogens is 486 g/mol. The molecule has 0 saturated heterocycles. The quantitative estimate of drug-likeness (QED) is 0.326. The van der Waals surface area contributed by atoms with Crippen molar-refractivity contribution in [2.24, 2.45) is 0 Å². The molecule has 0 saturated carbocycles. The molecule has 1 atom stereocenters. The second kappa shape index (κ2) is 11.1. The van der Waals surface area contributed by atoms with Gasteiger partial charge in [-0.15, -0.1) is 0 Å². The second-order valence-electron chi connectivity index (χ2n) is 9.24. The second-order valence-corrected chi connectivity index (χ2v) is 11.0. The number of carbonyl (C=O) groups excluding carboxylic acids is 1. The summed E-state index contributed by atoms with van der Waals surface area (Å²) >= 11 is 0. The van der Waals surface area contributed by atoms with E-state index < -0.39 is 10.0 Å². The Morgan fingerprint density at radius 3 is 2.49 bits per heavy atom. The van der Waals surface area contributed by atoms with E-state index in [-0.39, 0.29) is 24.2 Å². The molecule has 1 heterocycles. The summed E-state index contributed by atoms with van der Waals surface area (Å²) in [5.74, 6) is 0.531. The standard InChI is InChI=1S/C29H29N3O4S/c33-27-13-7-12-24-16-26(36-28(19-32-15-14-30-21-32)23-10-5-2-6-11-23)17-25(29(24)27)18-31-37(34,35)20-22-8-3-1-4-9-22/h1-6,8-11,14-17,21,28,31H,7,12-13,18-20H2/t28-/m1/s1. The van der Waals surface area contributed by atoms with Gasteiger partial charge < -0.3 is 9.30 Å². The van der Waals surface area contributed by atoms with Gasteiger partial charge in [0.1, 0.15) is 11.9 Å². The lowest BCUT2D eigenvalue weighted by atomic mass is 9.87. The largest absolute Gasteiger partial charge is 0.484 e. The molecular formula is C29H29N3O4S. The maximum atomic E-state index is 12.9. The Kier molecular flexibility index (Phi) is 7.48. The lowest BCUT2D eigenvalue weighted by molar-refractivity contribution is 0.0971. The fourth-order valence-corrected chi connectivity index (χ4v) is 5.83. The van der Waals surface area contributed by atoms with Gasteiger partial charge in [-0.3, -0.25) is 4.79 Å². The molecule has 0 spiro atoms. The van der Waals surface area contributed by atoms with Crippen molar-refractivity contribution in [3.8, 4) is 5.75 Å². The first-order valence-corrected chi connectivity index (χ1v) is 14.0. The fourth-order valence-electron chi connectivity index (χ4n) is 4.72. The molecule has 1 aromatic heterocycles. The summed E-state index contributed by atoms with van der Waals surface area (Å²) in [7, 11) is -3.60. The van der Waals surface area contributed by atoms with Gasteiger partial charge in [0.05, 0.1) is 18.6 Å². The van der Waals surface area contributed by atoms with Crippen molar-refractivity contribution in [1.29, 1.82) is 0 Å². The normalized spacial score (nSPS) is 14.2. The Morgan fingerprint density at radius 2 is 1.76 bits per heavy atom. The maximum Gasteiger partial charge on any atom is 0.216 e. The van der Waals surface area contributed by atoms with Gasteiger partial charge in [0.25, 0.3) is 0 Å². The number of hydrogen-bond donors (Lipinski definition) is 1. The van der Waals surface area contributed by atoms with Crippen LogP contribution in [0, 0.1) is 0 Å². The van der Waals surface area contributed by atoms with Crippen LogP contribution in [0.25, 0.3) is 0 Å². The number of nitrogens with zero attached hydrogens (tertiary/aromatic N) is 2. The molecule has 0 fully saturated rings. The smallest absolute Gasteiger partial charge is 0.216 e. The SMILES string of the molecule is O=C1CCCc2cc(O[C@H](Cn3ccnc3)c3ccccc3)cc(CNS(=O)(=O)Cc3ccccc3)c21. The Bertz CT molecular complexity index is 1450. The lowest BCUT2D eigenvalue weighted by Gasteiger charge is -2.24. The Hall–Kier alpha value is -3.75. The van der Waals surface area contributed by atoms with E-state index in [0.29, 0.717) is 35.4 Å². The van der Waals surface area contributed by atoms with E-state index >= 15 is 0 Å². The summed E-state index contributed by atoms with van der Waals surface area (Å²) in [5.41, 5.74) is 3.88. The van der Waals surface area contributed by atoms with E-state index in [4.69, 9.17) is 4.74 Å². The number of imidazole rings is 1. The summed E-state index contributed by atoms with van der Waals surface area (Å²) in [5, 5.41) is 0. The van der Waals surface area contributed by atoms with Crippen LogP contribution in [-0.4, -0.2) is 23.8 Å². The monoisotopic (exact) mass is 515 g/mol. The Labute approximate surface area is 217 Å². The first-order valence-electron chi connectivity index (χ1n) is 12.3. The van der Waals surface area contributed by atoms with Crippen LogP contribution >= 0.6 is 0 Å². The highest BCUT2D eigenvalue weighted by Gasteiger charge is 2.24. The van der Waals surface area contributed by atoms with Gasteiger partial charge >= 0.3 is 0 Å². The predicted octanol–water partition coefficient (Wildman–Crippen LogP) is 4.84. The maximum absolute atomic E-state index is 12.9. The third-order valence-corrected chi connectivity index (χ3v) is 7.77. The molecule has 0 radical (unpaired) electrons. The van der Waals surface area contributed by atoms with Crippen molar-refractivity contribution in [3.05, 3.63) is 119 Å². The zero-order valence-electron chi connectivity index (χ0n) is 20.4. The van der Waals surface area contributed by atoms with Crippen LogP contribution < -0.4 is 9.46 Å². The number of rotatable bonds is 10. The van der Waals surface area contributed by atoms with E-state index in [1.807, 2.05) is 65.4 Å². The number of ether oxygens (including phenoxy) is 1. The highest BCUT2D eigenvalue weighted by atomic mass is 32.2. The van der Waals surface area contributed by atoms with E-state index in [9.17, 15) is 13.2 Å². The van der Waals surface area contributed by atoms with Crippen molar-refractivity contribution < 1.29 is 17.9 Å². The van der Waals surface area contributed by atoms with Crippen LogP contribution in [0.15, 0.2) is 91.5 Å². The first-order chi connectivity index (χ1) is 18.0. The van der Waals surface area contributed by atoms with Crippen LogP contribution in [0.5, 0.6) is 5.75 Å². The summed E-state index contributed by atoms with van der Waals surface area (Å²) in [4.78, 5) is 17.0. The molecule has 1 aliphatic rings. The lowest BCUT2D eigenvalue weighted by Crippen LogP contribution is -2.26. The third-order valence-electron chi connectivity index (χ3n) is 6.47. The van der Waals surface area contributed by atoms with Crippen LogP contribution in [-0.2, 0) is 35.3 Å². The van der Waals surface area contributed by atoms with Crippen LogP contribution in [0.3, 0.4) is 0 Å². The van der Waals surface area contributed by atoms with Gasteiger partial charge in [0.15, 0.2) is 5.78 Å². The molecule has 0 unspecified atom stereocenters. The number of nitrogens with one attached hydrogen (secondary N) is 1. The van der Waals surface area contributed by atoms with Crippen molar-refractivity contribution in [1.82, 2.24) is 14.3 Å². The summed E-state index contributed by atoms with van der Waals surface area (Å²) in [6.07, 6.45) is 7.05. The minimum absolute atomic E-state index is 0.0258. The number of sulfonamides is 1. The molecule has 8 heteroatoms. The van der Waals surface area contributed by atoms with Gasteiger partial charge in [0.2, 0.25) is 10.0 Å². The van der Waals surface area contributed by atoms with Crippen LogP contribution in [0.4, 0.5) is 0 Å². The average molecular weight is 516 g/mol. The van der Waals surface area contributed by atoms with E-state index in [1.165, 1.54) is 0 Å². The molecule has 1 aliphatic carbocycles. The molecule has 190 valence electrons. The molecule has 4 aromatic rings. The average Bonchev–Trinajstić information content (AvgIpc) is 3.41. The van der Waals surface area contributed by atoms with Crippen molar-refractivity contribution in [3.63, 3.8) is 0 Å². The highest BCUT2D eigenvalue weighted by Crippen LogP contribution is 2.32. The van der Waals surface area contributed by atoms with Gasteiger partial charge in [0, 0.05) is 30.9 Å². The molecule has 0 amide bonds. The molecule has 3 aromatic carbocycles. The highest BCUT2D eigenvalue weighted by molar-refractivity contribution is 7.88. The number of hydrogen-bond acceptors (Lipinski definition) is 5. The summed E-state index contributed by atoms with van der Waals surface area (Å²) < 4.78 is 36.8.